The average molecular weight is 163 g/mol. The molecule has 3 nitrogen and oxygen atoms in total. The molecule has 0 radical (unpaired) electrons. The fourth-order valence-corrected chi connectivity index (χ4v) is 1.33. The van der Waals surface area contributed by atoms with Gasteiger partial charge in [-0.2, -0.15) is 0 Å². The molecule has 0 bridgehead atoms. The lowest BCUT2D eigenvalue weighted by Gasteiger charge is -2.27. The second-order valence-corrected chi connectivity index (χ2v) is 3.31. The van der Waals surface area contributed by atoms with Gasteiger partial charge in [0.15, 0.2) is 0 Å². The minimum Gasteiger partial charge on any atom is -0.366 e. The number of aromatic nitrogens is 2. The molecule has 0 saturated carbocycles. The Hall–Kier alpha value is -1.25. The third-order valence-electron chi connectivity index (χ3n) is 2.15. The molecule has 0 aliphatic carbocycles. The van der Waals surface area contributed by atoms with E-state index in [-0.39, 0.29) is 0 Å². The number of imidazole rings is 1. The van der Waals surface area contributed by atoms with Crippen LogP contribution in [0.4, 0.5) is 0 Å². The van der Waals surface area contributed by atoms with Gasteiger partial charge in [-0.1, -0.05) is 0 Å². The minimum atomic E-state index is 0.548. The second-order valence-electron chi connectivity index (χ2n) is 3.31. The van der Waals surface area contributed by atoms with Crippen molar-refractivity contribution in [2.75, 3.05) is 0 Å². The van der Waals surface area contributed by atoms with Crippen molar-refractivity contribution in [2.24, 2.45) is 0 Å². The van der Waals surface area contributed by atoms with Gasteiger partial charge in [0.25, 0.3) is 0 Å². The van der Waals surface area contributed by atoms with E-state index in [1.165, 1.54) is 0 Å². The Kier molecular flexibility index (Phi) is 1.64. The maximum atomic E-state index is 4.26. The van der Waals surface area contributed by atoms with E-state index in [2.05, 4.69) is 34.5 Å². The SMILES string of the molecule is CC(C)N1C=Cn2ccnc2C1. The highest BCUT2D eigenvalue weighted by molar-refractivity contribution is 5.27. The molecular formula is C9H13N3. The molecule has 0 unspecified atom stereocenters. The van der Waals surface area contributed by atoms with E-state index in [0.29, 0.717) is 6.04 Å². The Morgan fingerprint density at radius 3 is 3.00 bits per heavy atom. The van der Waals surface area contributed by atoms with Crippen LogP contribution in [0.5, 0.6) is 0 Å². The van der Waals surface area contributed by atoms with Crippen LogP contribution in [0.15, 0.2) is 18.6 Å². The smallest absolute Gasteiger partial charge is 0.132 e. The molecule has 0 amide bonds. The summed E-state index contributed by atoms with van der Waals surface area (Å²) in [5.41, 5.74) is 0. The molecule has 1 aliphatic rings. The van der Waals surface area contributed by atoms with Gasteiger partial charge in [0.2, 0.25) is 0 Å². The zero-order valence-corrected chi connectivity index (χ0v) is 7.44. The molecule has 0 aromatic carbocycles. The monoisotopic (exact) mass is 163 g/mol. The van der Waals surface area contributed by atoms with Crippen molar-refractivity contribution >= 4 is 6.20 Å². The first kappa shape index (κ1) is 7.40. The Balaban J connectivity index is 2.24. The van der Waals surface area contributed by atoms with Gasteiger partial charge in [-0.15, -0.1) is 0 Å². The fraction of sp³-hybridized carbons (Fsp3) is 0.444. The van der Waals surface area contributed by atoms with Crippen molar-refractivity contribution in [1.29, 1.82) is 0 Å². The highest BCUT2D eigenvalue weighted by Crippen LogP contribution is 2.12. The van der Waals surface area contributed by atoms with Crippen LogP contribution in [0.2, 0.25) is 0 Å². The van der Waals surface area contributed by atoms with Crippen LogP contribution in [0, 0.1) is 0 Å². The number of fused-ring (bicyclic) bond motifs is 1. The van der Waals surface area contributed by atoms with Gasteiger partial charge in [-0.05, 0) is 13.8 Å². The Labute approximate surface area is 72.3 Å². The summed E-state index contributed by atoms with van der Waals surface area (Å²) in [5.74, 6) is 1.12. The predicted molar refractivity (Wildman–Crippen MR) is 48.2 cm³/mol. The first-order valence-electron chi connectivity index (χ1n) is 4.23. The zero-order valence-electron chi connectivity index (χ0n) is 7.44. The molecule has 12 heavy (non-hydrogen) atoms. The van der Waals surface area contributed by atoms with Crippen LogP contribution in [-0.2, 0) is 6.54 Å². The molecule has 0 N–H and O–H groups in total. The average Bonchev–Trinajstić information content (AvgIpc) is 2.49. The molecular weight excluding hydrogens is 150 g/mol. The molecule has 2 heterocycles. The van der Waals surface area contributed by atoms with Gasteiger partial charge in [0.1, 0.15) is 5.82 Å². The third-order valence-corrected chi connectivity index (χ3v) is 2.15. The van der Waals surface area contributed by atoms with Crippen LogP contribution >= 0.6 is 0 Å². The summed E-state index contributed by atoms with van der Waals surface area (Å²) < 4.78 is 2.05. The Morgan fingerprint density at radius 1 is 1.42 bits per heavy atom. The first-order valence-corrected chi connectivity index (χ1v) is 4.23. The van der Waals surface area contributed by atoms with Crippen LogP contribution in [0.25, 0.3) is 6.20 Å². The van der Waals surface area contributed by atoms with Gasteiger partial charge < -0.3 is 9.47 Å². The predicted octanol–water partition coefficient (Wildman–Crippen LogP) is 1.54. The maximum absolute atomic E-state index is 4.26. The van der Waals surface area contributed by atoms with E-state index in [0.717, 1.165) is 12.4 Å². The van der Waals surface area contributed by atoms with Gasteiger partial charge in [0.05, 0.1) is 6.54 Å². The summed E-state index contributed by atoms with van der Waals surface area (Å²) in [6.45, 7) is 5.28. The molecule has 64 valence electrons. The lowest BCUT2D eigenvalue weighted by Crippen LogP contribution is -2.28. The van der Waals surface area contributed by atoms with Crippen LogP contribution < -0.4 is 0 Å². The summed E-state index contributed by atoms with van der Waals surface area (Å²) in [6.07, 6.45) is 7.97. The summed E-state index contributed by atoms with van der Waals surface area (Å²) in [5, 5.41) is 0. The highest BCUT2D eigenvalue weighted by Gasteiger charge is 2.12. The largest absolute Gasteiger partial charge is 0.366 e. The molecule has 1 aliphatic heterocycles. The van der Waals surface area contributed by atoms with Gasteiger partial charge in [0, 0.05) is 30.8 Å². The van der Waals surface area contributed by atoms with E-state index in [4.69, 9.17) is 0 Å². The van der Waals surface area contributed by atoms with E-state index in [1.54, 1.807) is 0 Å². The van der Waals surface area contributed by atoms with E-state index >= 15 is 0 Å². The van der Waals surface area contributed by atoms with Crippen molar-refractivity contribution in [3.05, 3.63) is 24.4 Å². The maximum Gasteiger partial charge on any atom is 0.132 e. The lowest BCUT2D eigenvalue weighted by molar-refractivity contribution is 0.289. The van der Waals surface area contributed by atoms with Crippen LogP contribution in [-0.4, -0.2) is 20.5 Å². The lowest BCUT2D eigenvalue weighted by atomic mass is 10.3. The normalized spacial score (nSPS) is 15.4. The Morgan fingerprint density at radius 2 is 2.25 bits per heavy atom. The van der Waals surface area contributed by atoms with E-state index < -0.39 is 0 Å². The van der Waals surface area contributed by atoms with Crippen molar-refractivity contribution in [1.82, 2.24) is 14.5 Å². The molecule has 0 fully saturated rings. The number of nitrogens with zero attached hydrogens (tertiary/aromatic N) is 3. The summed E-state index contributed by atoms with van der Waals surface area (Å²) in [7, 11) is 0. The third kappa shape index (κ3) is 1.11. The van der Waals surface area contributed by atoms with Crippen LogP contribution in [0.1, 0.15) is 19.7 Å². The standard InChI is InChI=1S/C9H13N3/c1-8(2)12-6-5-11-4-3-10-9(11)7-12/h3-6,8H,7H2,1-2H3. The molecule has 3 heteroatoms. The van der Waals surface area contributed by atoms with E-state index in [1.807, 2.05) is 18.6 Å². The number of hydrogen-bond acceptors (Lipinski definition) is 2. The molecule has 1 aromatic heterocycles. The quantitative estimate of drug-likeness (QED) is 0.626. The number of rotatable bonds is 1. The molecule has 0 saturated heterocycles. The molecule has 0 spiro atoms. The Bertz CT molecular complexity index is 298. The van der Waals surface area contributed by atoms with Gasteiger partial charge in [-0.25, -0.2) is 4.98 Å². The molecule has 0 atom stereocenters. The van der Waals surface area contributed by atoms with Crippen molar-refractivity contribution < 1.29 is 0 Å². The van der Waals surface area contributed by atoms with Gasteiger partial charge >= 0.3 is 0 Å². The van der Waals surface area contributed by atoms with E-state index in [9.17, 15) is 0 Å². The van der Waals surface area contributed by atoms with Gasteiger partial charge in [-0.3, -0.25) is 0 Å². The summed E-state index contributed by atoms with van der Waals surface area (Å²) in [4.78, 5) is 6.53. The molecule has 1 aromatic rings. The summed E-state index contributed by atoms with van der Waals surface area (Å²) in [6, 6.07) is 0.548. The van der Waals surface area contributed by atoms with Crippen molar-refractivity contribution in [3.8, 4) is 0 Å². The van der Waals surface area contributed by atoms with Crippen LogP contribution in [0.3, 0.4) is 0 Å². The summed E-state index contributed by atoms with van der Waals surface area (Å²) >= 11 is 0. The second kappa shape index (κ2) is 2.66. The fourth-order valence-electron chi connectivity index (χ4n) is 1.33. The molecule has 2 rings (SSSR count). The first-order chi connectivity index (χ1) is 5.77. The topological polar surface area (TPSA) is 21.1 Å². The minimum absolute atomic E-state index is 0.548. The van der Waals surface area contributed by atoms with Crippen molar-refractivity contribution in [3.63, 3.8) is 0 Å². The van der Waals surface area contributed by atoms with Crippen molar-refractivity contribution in [2.45, 2.75) is 26.4 Å². The highest BCUT2D eigenvalue weighted by atomic mass is 15.2. The number of hydrogen-bond donors (Lipinski definition) is 0. The zero-order chi connectivity index (χ0) is 8.55.